The van der Waals surface area contributed by atoms with Crippen molar-refractivity contribution in [3.05, 3.63) is 0 Å². The highest BCUT2D eigenvalue weighted by molar-refractivity contribution is 5.85. The Morgan fingerprint density at radius 1 is 1.16 bits per heavy atom. The van der Waals surface area contributed by atoms with Gasteiger partial charge in [-0.15, -0.1) is 12.4 Å². The molecule has 3 fully saturated rings. The number of hydrogen-bond donors (Lipinski definition) is 1. The molecular formula is C15H28ClNO2. The zero-order valence-corrected chi connectivity index (χ0v) is 12.8. The smallest absolute Gasteiger partial charge is 0.171 e. The first kappa shape index (κ1) is 15.6. The first-order chi connectivity index (χ1) is 8.84. The Bertz CT molecular complexity index is 283. The van der Waals surface area contributed by atoms with Gasteiger partial charge in [-0.2, -0.15) is 0 Å². The summed E-state index contributed by atoms with van der Waals surface area (Å²) < 4.78 is 12.6. The van der Waals surface area contributed by atoms with Crippen LogP contribution in [-0.2, 0) is 9.47 Å². The van der Waals surface area contributed by atoms with E-state index in [1.807, 2.05) is 0 Å². The van der Waals surface area contributed by atoms with E-state index >= 15 is 0 Å². The molecule has 2 saturated heterocycles. The average molecular weight is 290 g/mol. The molecule has 2 aliphatic heterocycles. The van der Waals surface area contributed by atoms with Gasteiger partial charge in [0.05, 0.1) is 12.7 Å². The van der Waals surface area contributed by atoms with Gasteiger partial charge in [-0.05, 0) is 38.6 Å². The molecule has 0 radical (unpaired) electrons. The highest BCUT2D eigenvalue weighted by Gasteiger charge is 2.49. The molecule has 4 atom stereocenters. The van der Waals surface area contributed by atoms with E-state index in [4.69, 9.17) is 9.47 Å². The fourth-order valence-electron chi connectivity index (χ4n) is 3.99. The second-order valence-corrected chi connectivity index (χ2v) is 6.19. The fourth-order valence-corrected chi connectivity index (χ4v) is 3.99. The van der Waals surface area contributed by atoms with Crippen LogP contribution in [0, 0.1) is 5.92 Å². The highest BCUT2D eigenvalue weighted by Crippen LogP contribution is 2.44. The Kier molecular flexibility index (Phi) is 5.53. The lowest BCUT2D eigenvalue weighted by atomic mass is 9.81. The summed E-state index contributed by atoms with van der Waals surface area (Å²) in [5.74, 6) is 0.386. The van der Waals surface area contributed by atoms with Crippen molar-refractivity contribution in [2.45, 2.75) is 76.2 Å². The molecule has 1 aliphatic carbocycles. The second-order valence-electron chi connectivity index (χ2n) is 6.19. The summed E-state index contributed by atoms with van der Waals surface area (Å²) >= 11 is 0. The van der Waals surface area contributed by atoms with E-state index < -0.39 is 0 Å². The lowest BCUT2D eigenvalue weighted by Gasteiger charge is -2.40. The number of halogens is 1. The number of nitrogens with one attached hydrogen (secondary N) is 1. The molecule has 1 N–H and O–H groups in total. The van der Waals surface area contributed by atoms with Gasteiger partial charge in [0.1, 0.15) is 0 Å². The molecule has 4 unspecified atom stereocenters. The molecule has 2 heterocycles. The van der Waals surface area contributed by atoms with Gasteiger partial charge in [0.25, 0.3) is 0 Å². The van der Waals surface area contributed by atoms with Gasteiger partial charge in [-0.1, -0.05) is 19.8 Å². The Morgan fingerprint density at radius 2 is 2.00 bits per heavy atom. The molecule has 0 aromatic rings. The molecule has 0 aromatic heterocycles. The van der Waals surface area contributed by atoms with Gasteiger partial charge in [-0.25, -0.2) is 0 Å². The normalized spacial score (nSPS) is 43.1. The van der Waals surface area contributed by atoms with Crippen molar-refractivity contribution >= 4 is 12.4 Å². The summed E-state index contributed by atoms with van der Waals surface area (Å²) in [5.41, 5.74) is 0. The van der Waals surface area contributed by atoms with Crippen molar-refractivity contribution in [2.24, 2.45) is 5.92 Å². The monoisotopic (exact) mass is 289 g/mol. The minimum Gasteiger partial charge on any atom is -0.347 e. The lowest BCUT2D eigenvalue weighted by molar-refractivity contribution is -0.224. The molecule has 0 amide bonds. The maximum atomic E-state index is 6.45. The SMILES string of the molecule is CCC1CCCCC12OCC(C1CCCCN1)O2.Cl. The first-order valence-electron chi connectivity index (χ1n) is 7.89. The standard InChI is InChI=1S/C15H27NO2.ClH/c1-2-12-7-3-5-9-15(12)17-11-14(18-15)13-8-4-6-10-16-13;/h12-14,16H,2-11H2,1H3;1H. The molecule has 1 spiro atoms. The summed E-state index contributed by atoms with van der Waals surface area (Å²) in [6, 6.07) is 0.526. The van der Waals surface area contributed by atoms with Crippen LogP contribution in [0.3, 0.4) is 0 Å². The van der Waals surface area contributed by atoms with Crippen LogP contribution in [0.2, 0.25) is 0 Å². The van der Waals surface area contributed by atoms with Crippen LogP contribution < -0.4 is 5.32 Å². The summed E-state index contributed by atoms with van der Waals surface area (Å²) in [7, 11) is 0. The molecule has 112 valence electrons. The van der Waals surface area contributed by atoms with E-state index in [0.717, 1.165) is 19.6 Å². The zero-order chi connectivity index (χ0) is 12.4. The summed E-state index contributed by atoms with van der Waals surface area (Å²) in [6.07, 6.45) is 10.4. The third kappa shape index (κ3) is 3.10. The van der Waals surface area contributed by atoms with Gasteiger partial charge < -0.3 is 14.8 Å². The molecule has 3 rings (SSSR count). The Morgan fingerprint density at radius 3 is 2.74 bits per heavy atom. The average Bonchev–Trinajstić information content (AvgIpc) is 2.85. The van der Waals surface area contributed by atoms with Crippen LogP contribution in [0.4, 0.5) is 0 Å². The van der Waals surface area contributed by atoms with Gasteiger partial charge in [-0.3, -0.25) is 0 Å². The molecule has 19 heavy (non-hydrogen) atoms. The molecular weight excluding hydrogens is 262 g/mol. The van der Waals surface area contributed by atoms with Crippen LogP contribution in [0.15, 0.2) is 0 Å². The number of rotatable bonds is 2. The van der Waals surface area contributed by atoms with Crippen molar-refractivity contribution in [3.8, 4) is 0 Å². The molecule has 0 aromatic carbocycles. The highest BCUT2D eigenvalue weighted by atomic mass is 35.5. The fraction of sp³-hybridized carbons (Fsp3) is 1.00. The van der Waals surface area contributed by atoms with Gasteiger partial charge in [0.15, 0.2) is 5.79 Å². The first-order valence-corrected chi connectivity index (χ1v) is 7.89. The maximum absolute atomic E-state index is 6.45. The lowest BCUT2D eigenvalue weighted by Crippen LogP contribution is -2.47. The van der Waals surface area contributed by atoms with E-state index in [2.05, 4.69) is 12.2 Å². The van der Waals surface area contributed by atoms with Crippen molar-refractivity contribution < 1.29 is 9.47 Å². The summed E-state index contributed by atoms with van der Waals surface area (Å²) in [4.78, 5) is 0. The quantitative estimate of drug-likeness (QED) is 0.846. The second kappa shape index (κ2) is 6.75. The molecule has 3 nitrogen and oxygen atoms in total. The minimum atomic E-state index is -0.225. The maximum Gasteiger partial charge on any atom is 0.171 e. The molecule has 0 bridgehead atoms. The van der Waals surface area contributed by atoms with Crippen LogP contribution >= 0.6 is 12.4 Å². The Balaban J connectivity index is 0.00000133. The van der Waals surface area contributed by atoms with Crippen LogP contribution in [0.25, 0.3) is 0 Å². The van der Waals surface area contributed by atoms with Crippen molar-refractivity contribution in [1.82, 2.24) is 5.32 Å². The summed E-state index contributed by atoms with van der Waals surface area (Å²) in [6.45, 7) is 4.22. The minimum absolute atomic E-state index is 0. The van der Waals surface area contributed by atoms with Gasteiger partial charge in [0, 0.05) is 18.4 Å². The van der Waals surface area contributed by atoms with Crippen LogP contribution in [0.5, 0.6) is 0 Å². The molecule has 4 heteroatoms. The third-order valence-electron chi connectivity index (χ3n) is 5.08. The number of hydrogen-bond acceptors (Lipinski definition) is 3. The predicted octanol–water partition coefficient (Wildman–Crippen LogP) is 3.26. The van der Waals surface area contributed by atoms with Gasteiger partial charge >= 0.3 is 0 Å². The number of piperidine rings is 1. The van der Waals surface area contributed by atoms with Crippen LogP contribution in [0.1, 0.15) is 58.3 Å². The van der Waals surface area contributed by atoms with E-state index in [-0.39, 0.29) is 24.3 Å². The van der Waals surface area contributed by atoms with Crippen molar-refractivity contribution in [3.63, 3.8) is 0 Å². The van der Waals surface area contributed by atoms with E-state index in [1.165, 1.54) is 44.9 Å². The zero-order valence-electron chi connectivity index (χ0n) is 12.0. The van der Waals surface area contributed by atoms with Crippen molar-refractivity contribution in [1.29, 1.82) is 0 Å². The van der Waals surface area contributed by atoms with E-state index in [0.29, 0.717) is 12.0 Å². The Hall–Kier alpha value is 0.170. The van der Waals surface area contributed by atoms with E-state index in [1.54, 1.807) is 0 Å². The molecule has 3 aliphatic rings. The van der Waals surface area contributed by atoms with Crippen molar-refractivity contribution in [2.75, 3.05) is 13.2 Å². The van der Waals surface area contributed by atoms with E-state index in [9.17, 15) is 0 Å². The van der Waals surface area contributed by atoms with Crippen LogP contribution in [-0.4, -0.2) is 31.1 Å². The predicted molar refractivity (Wildman–Crippen MR) is 78.7 cm³/mol. The Labute approximate surface area is 123 Å². The summed E-state index contributed by atoms with van der Waals surface area (Å²) in [5, 5.41) is 3.61. The third-order valence-corrected chi connectivity index (χ3v) is 5.08. The van der Waals surface area contributed by atoms with Gasteiger partial charge in [0.2, 0.25) is 0 Å². The topological polar surface area (TPSA) is 30.5 Å². The number of ether oxygens (including phenoxy) is 2. The largest absolute Gasteiger partial charge is 0.347 e. The molecule has 1 saturated carbocycles.